The molecule has 0 radical (unpaired) electrons. The SMILES string of the molecule is CC(C)CN.Clc1ccccn1.NCc1ccc(Br)cc1. The zero-order valence-electron chi connectivity index (χ0n) is 12.5. The van der Waals surface area contributed by atoms with E-state index < -0.39 is 0 Å². The molecule has 1 aromatic carbocycles. The molecule has 1 heterocycles. The molecule has 0 saturated heterocycles. The summed E-state index contributed by atoms with van der Waals surface area (Å²) in [6.45, 7) is 5.62. The van der Waals surface area contributed by atoms with E-state index in [1.165, 1.54) is 5.56 Å². The van der Waals surface area contributed by atoms with Crippen LogP contribution in [0, 0.1) is 5.92 Å². The van der Waals surface area contributed by atoms with Crippen molar-refractivity contribution in [3.05, 3.63) is 63.9 Å². The monoisotopic (exact) mass is 371 g/mol. The van der Waals surface area contributed by atoms with Crippen LogP contribution in [0.2, 0.25) is 5.15 Å². The first kappa shape index (κ1) is 20.1. The van der Waals surface area contributed by atoms with Crippen molar-refractivity contribution in [1.29, 1.82) is 0 Å². The number of hydrogen-bond acceptors (Lipinski definition) is 3. The Balaban J connectivity index is 0.000000300. The molecule has 3 nitrogen and oxygen atoms in total. The number of nitrogens with zero attached hydrogens (tertiary/aromatic N) is 1. The zero-order valence-corrected chi connectivity index (χ0v) is 14.8. The average molecular weight is 373 g/mol. The minimum absolute atomic E-state index is 0.544. The van der Waals surface area contributed by atoms with Crippen molar-refractivity contribution in [3.8, 4) is 0 Å². The van der Waals surface area contributed by atoms with Gasteiger partial charge in [-0.15, -0.1) is 0 Å². The Bertz CT molecular complexity index is 461. The number of halogens is 2. The molecule has 0 saturated carbocycles. The highest BCUT2D eigenvalue weighted by molar-refractivity contribution is 9.10. The molecular weight excluding hydrogens is 350 g/mol. The minimum atomic E-state index is 0.544. The van der Waals surface area contributed by atoms with Crippen LogP contribution in [0.5, 0.6) is 0 Å². The van der Waals surface area contributed by atoms with Crippen LogP contribution in [0.3, 0.4) is 0 Å². The third kappa shape index (κ3) is 12.5. The van der Waals surface area contributed by atoms with Crippen LogP contribution in [-0.2, 0) is 6.54 Å². The third-order valence-electron chi connectivity index (χ3n) is 2.25. The van der Waals surface area contributed by atoms with Crippen molar-refractivity contribution in [3.63, 3.8) is 0 Å². The second-order valence-corrected chi connectivity index (χ2v) is 5.92. The van der Waals surface area contributed by atoms with Gasteiger partial charge in [0.1, 0.15) is 5.15 Å². The second kappa shape index (κ2) is 12.8. The molecule has 0 atom stereocenters. The fourth-order valence-corrected chi connectivity index (χ4v) is 1.36. The van der Waals surface area contributed by atoms with E-state index in [1.807, 2.05) is 36.4 Å². The predicted octanol–water partition coefficient (Wildman–Crippen LogP) is 4.24. The average Bonchev–Trinajstić information content (AvgIpc) is 2.50. The highest BCUT2D eigenvalue weighted by atomic mass is 79.9. The zero-order chi connectivity index (χ0) is 16.1. The Labute approximate surface area is 140 Å². The van der Waals surface area contributed by atoms with E-state index in [0.717, 1.165) is 11.0 Å². The summed E-state index contributed by atoms with van der Waals surface area (Å²) in [6, 6.07) is 13.4. The number of benzene rings is 1. The van der Waals surface area contributed by atoms with E-state index >= 15 is 0 Å². The molecule has 116 valence electrons. The van der Waals surface area contributed by atoms with Crippen LogP contribution in [0.25, 0.3) is 0 Å². The first-order valence-corrected chi connectivity index (χ1v) is 7.87. The van der Waals surface area contributed by atoms with Crippen molar-refractivity contribution in [2.24, 2.45) is 17.4 Å². The van der Waals surface area contributed by atoms with Gasteiger partial charge in [-0.05, 0) is 42.3 Å². The lowest BCUT2D eigenvalue weighted by Gasteiger charge is -1.93. The molecule has 0 aliphatic rings. The third-order valence-corrected chi connectivity index (χ3v) is 3.00. The predicted molar refractivity (Wildman–Crippen MR) is 95.2 cm³/mol. The van der Waals surface area contributed by atoms with Crippen molar-refractivity contribution < 1.29 is 0 Å². The maximum atomic E-state index is 5.43. The van der Waals surface area contributed by atoms with Crippen LogP contribution < -0.4 is 11.5 Å². The van der Waals surface area contributed by atoms with Crippen LogP contribution in [0.1, 0.15) is 19.4 Å². The molecule has 2 aromatic rings. The lowest BCUT2D eigenvalue weighted by atomic mass is 10.2. The van der Waals surface area contributed by atoms with Crippen LogP contribution >= 0.6 is 27.5 Å². The molecule has 0 amide bonds. The molecular formula is C16H23BrClN3. The number of nitrogens with two attached hydrogens (primary N) is 2. The van der Waals surface area contributed by atoms with Crippen molar-refractivity contribution in [2.75, 3.05) is 6.54 Å². The first-order valence-electron chi connectivity index (χ1n) is 6.70. The molecule has 2 rings (SSSR count). The summed E-state index contributed by atoms with van der Waals surface area (Å²) >= 11 is 8.76. The summed E-state index contributed by atoms with van der Waals surface area (Å²) in [4.78, 5) is 3.74. The van der Waals surface area contributed by atoms with E-state index in [4.69, 9.17) is 23.1 Å². The van der Waals surface area contributed by atoms with Crippen LogP contribution in [0.4, 0.5) is 0 Å². The Morgan fingerprint density at radius 3 is 1.95 bits per heavy atom. The maximum absolute atomic E-state index is 5.43. The van der Waals surface area contributed by atoms with Crippen molar-refractivity contribution in [1.82, 2.24) is 4.98 Å². The summed E-state index contributed by atoms with van der Waals surface area (Å²) in [6.07, 6.45) is 1.66. The summed E-state index contributed by atoms with van der Waals surface area (Å²) in [5.74, 6) is 0.662. The van der Waals surface area contributed by atoms with Crippen molar-refractivity contribution >= 4 is 27.5 Å². The van der Waals surface area contributed by atoms with Crippen LogP contribution in [0.15, 0.2) is 53.1 Å². The molecule has 21 heavy (non-hydrogen) atoms. The smallest absolute Gasteiger partial charge is 0.129 e. The van der Waals surface area contributed by atoms with Gasteiger partial charge in [-0.25, -0.2) is 4.98 Å². The van der Waals surface area contributed by atoms with Gasteiger partial charge >= 0.3 is 0 Å². The lowest BCUT2D eigenvalue weighted by molar-refractivity contribution is 0.664. The van der Waals surface area contributed by atoms with Gasteiger partial charge in [-0.3, -0.25) is 0 Å². The Morgan fingerprint density at radius 1 is 1.10 bits per heavy atom. The number of pyridine rings is 1. The summed E-state index contributed by atoms with van der Waals surface area (Å²) < 4.78 is 1.10. The van der Waals surface area contributed by atoms with E-state index in [9.17, 15) is 0 Å². The second-order valence-electron chi connectivity index (χ2n) is 4.61. The number of hydrogen-bond donors (Lipinski definition) is 2. The van der Waals surface area contributed by atoms with E-state index in [1.54, 1.807) is 12.3 Å². The summed E-state index contributed by atoms with van der Waals surface area (Å²) in [5.41, 5.74) is 11.7. The largest absolute Gasteiger partial charge is 0.330 e. The fourth-order valence-electron chi connectivity index (χ4n) is 0.962. The molecule has 0 aliphatic carbocycles. The van der Waals surface area contributed by atoms with Gasteiger partial charge in [0.05, 0.1) is 0 Å². The molecule has 0 aliphatic heterocycles. The Hall–Kier alpha value is -0.940. The maximum Gasteiger partial charge on any atom is 0.129 e. The number of rotatable bonds is 2. The van der Waals surface area contributed by atoms with Crippen LogP contribution in [-0.4, -0.2) is 11.5 Å². The molecule has 1 aromatic heterocycles. The minimum Gasteiger partial charge on any atom is -0.330 e. The highest BCUT2D eigenvalue weighted by Crippen LogP contribution is 2.09. The van der Waals surface area contributed by atoms with E-state index in [-0.39, 0.29) is 0 Å². The summed E-state index contributed by atoms with van der Waals surface area (Å²) in [7, 11) is 0. The van der Waals surface area contributed by atoms with Gasteiger partial charge in [0.25, 0.3) is 0 Å². The number of aromatic nitrogens is 1. The van der Waals surface area contributed by atoms with Gasteiger partial charge in [-0.1, -0.05) is 59.6 Å². The van der Waals surface area contributed by atoms with Gasteiger partial charge in [-0.2, -0.15) is 0 Å². The van der Waals surface area contributed by atoms with Gasteiger partial charge in [0, 0.05) is 17.2 Å². The van der Waals surface area contributed by atoms with Gasteiger partial charge in [0.2, 0.25) is 0 Å². The molecule has 5 heteroatoms. The standard InChI is InChI=1S/C7H8BrN.C5H4ClN.C4H11N/c8-7-3-1-6(5-9)2-4-7;6-5-3-1-2-4-7-5;1-4(2)3-5/h1-4H,5,9H2;1-4H;4H,3,5H2,1-2H3. The topological polar surface area (TPSA) is 64.9 Å². The Morgan fingerprint density at radius 2 is 1.67 bits per heavy atom. The molecule has 0 fully saturated rings. The van der Waals surface area contributed by atoms with Gasteiger partial charge in [0.15, 0.2) is 0 Å². The van der Waals surface area contributed by atoms with Gasteiger partial charge < -0.3 is 11.5 Å². The van der Waals surface area contributed by atoms with E-state index in [2.05, 4.69) is 34.8 Å². The fraction of sp³-hybridized carbons (Fsp3) is 0.312. The normalized spacial score (nSPS) is 9.29. The Kier molecular flexibility index (Phi) is 12.2. The summed E-state index contributed by atoms with van der Waals surface area (Å²) in [5, 5.41) is 0.544. The lowest BCUT2D eigenvalue weighted by Crippen LogP contribution is -2.05. The highest BCUT2D eigenvalue weighted by Gasteiger charge is 1.86. The molecule has 0 bridgehead atoms. The quantitative estimate of drug-likeness (QED) is 0.775. The van der Waals surface area contributed by atoms with Crippen molar-refractivity contribution in [2.45, 2.75) is 20.4 Å². The van der Waals surface area contributed by atoms with E-state index in [0.29, 0.717) is 17.6 Å². The molecule has 0 unspecified atom stereocenters. The first-order chi connectivity index (χ1) is 9.99. The molecule has 0 spiro atoms. The molecule has 4 N–H and O–H groups in total.